The van der Waals surface area contributed by atoms with Crippen molar-refractivity contribution in [3.05, 3.63) is 32.8 Å². The Balaban J connectivity index is 2.87. The summed E-state index contributed by atoms with van der Waals surface area (Å²) in [5.41, 5.74) is 0.698. The summed E-state index contributed by atoms with van der Waals surface area (Å²) in [5, 5.41) is 9.69. The lowest BCUT2D eigenvalue weighted by Gasteiger charge is -2.04. The Morgan fingerprint density at radius 2 is 1.71 bits per heavy atom. The van der Waals surface area contributed by atoms with Crippen molar-refractivity contribution in [2.45, 2.75) is 12.8 Å². The molecule has 0 heterocycles. The highest BCUT2D eigenvalue weighted by molar-refractivity contribution is 6.43. The van der Waals surface area contributed by atoms with Crippen LogP contribution in [0.25, 0.3) is 0 Å². The van der Waals surface area contributed by atoms with E-state index >= 15 is 0 Å². The quantitative estimate of drug-likeness (QED) is 0.835. The number of carboxylic acids is 1. The van der Waals surface area contributed by atoms with Crippen LogP contribution in [-0.4, -0.2) is 11.1 Å². The number of benzene rings is 1. The van der Waals surface area contributed by atoms with E-state index in [2.05, 4.69) is 0 Å². The van der Waals surface area contributed by atoms with Crippen molar-refractivity contribution < 1.29 is 9.90 Å². The Morgan fingerprint density at radius 3 is 2.29 bits per heavy atom. The first-order chi connectivity index (χ1) is 6.50. The zero-order valence-corrected chi connectivity index (χ0v) is 9.33. The van der Waals surface area contributed by atoms with Gasteiger partial charge in [-0.1, -0.05) is 34.8 Å². The second kappa shape index (κ2) is 4.87. The van der Waals surface area contributed by atoms with Crippen LogP contribution >= 0.6 is 34.8 Å². The molecule has 1 aromatic carbocycles. The molecule has 0 amide bonds. The third kappa shape index (κ3) is 3.05. The smallest absolute Gasteiger partial charge is 0.303 e. The van der Waals surface area contributed by atoms with Gasteiger partial charge in [0.15, 0.2) is 0 Å². The van der Waals surface area contributed by atoms with Crippen molar-refractivity contribution in [1.82, 2.24) is 0 Å². The molecular formula is C9H7Cl3O2. The fraction of sp³-hybridized carbons (Fsp3) is 0.222. The molecule has 0 unspecified atom stereocenters. The highest BCUT2D eigenvalue weighted by Crippen LogP contribution is 2.29. The van der Waals surface area contributed by atoms with Crippen LogP contribution in [0.4, 0.5) is 0 Å². The Labute approximate surface area is 96.4 Å². The molecule has 5 heteroatoms. The average Bonchev–Trinajstić information content (AvgIpc) is 2.09. The molecule has 0 fully saturated rings. The monoisotopic (exact) mass is 252 g/mol. The molecular weight excluding hydrogens is 246 g/mol. The normalized spacial score (nSPS) is 10.2. The van der Waals surface area contributed by atoms with Gasteiger partial charge in [-0.2, -0.15) is 0 Å². The number of halogens is 3. The first kappa shape index (κ1) is 11.6. The van der Waals surface area contributed by atoms with E-state index < -0.39 is 5.97 Å². The van der Waals surface area contributed by atoms with Crippen molar-refractivity contribution >= 4 is 40.8 Å². The molecule has 0 atom stereocenters. The molecule has 76 valence electrons. The van der Waals surface area contributed by atoms with Gasteiger partial charge in [-0.05, 0) is 24.1 Å². The predicted octanol–water partition coefficient (Wildman–Crippen LogP) is 3.66. The van der Waals surface area contributed by atoms with Crippen molar-refractivity contribution in [3.8, 4) is 0 Å². The molecule has 0 aliphatic carbocycles. The molecule has 1 aromatic rings. The molecule has 1 rings (SSSR count). The Morgan fingerprint density at radius 1 is 1.14 bits per heavy atom. The molecule has 0 saturated heterocycles. The molecule has 1 N–H and O–H groups in total. The van der Waals surface area contributed by atoms with Gasteiger partial charge < -0.3 is 5.11 Å². The predicted molar refractivity (Wildman–Crippen MR) is 57.4 cm³/mol. The Hall–Kier alpha value is -0.440. The summed E-state index contributed by atoms with van der Waals surface area (Å²) in [7, 11) is 0. The van der Waals surface area contributed by atoms with Crippen molar-refractivity contribution in [1.29, 1.82) is 0 Å². The van der Waals surface area contributed by atoms with Crippen molar-refractivity contribution in [3.63, 3.8) is 0 Å². The van der Waals surface area contributed by atoms with Gasteiger partial charge in [0.1, 0.15) is 0 Å². The first-order valence-electron chi connectivity index (χ1n) is 3.86. The summed E-state index contributed by atoms with van der Waals surface area (Å²) in [6, 6.07) is 3.11. The summed E-state index contributed by atoms with van der Waals surface area (Å²) in [6.45, 7) is 0. The summed E-state index contributed by atoms with van der Waals surface area (Å²) in [6.07, 6.45) is 0.378. The molecule has 0 aromatic heterocycles. The number of aryl methyl sites for hydroxylation is 1. The zero-order chi connectivity index (χ0) is 10.7. The fourth-order valence-corrected chi connectivity index (χ4v) is 1.66. The number of carbonyl (C=O) groups is 1. The average molecular weight is 254 g/mol. The van der Waals surface area contributed by atoms with Gasteiger partial charge in [0.05, 0.1) is 10.0 Å². The van der Waals surface area contributed by atoms with Crippen molar-refractivity contribution in [2.75, 3.05) is 0 Å². The van der Waals surface area contributed by atoms with E-state index in [0.29, 0.717) is 27.1 Å². The van der Waals surface area contributed by atoms with Gasteiger partial charge in [0.2, 0.25) is 0 Å². The molecule has 2 nitrogen and oxygen atoms in total. The fourth-order valence-electron chi connectivity index (χ4n) is 0.997. The van der Waals surface area contributed by atoms with Crippen LogP contribution in [0.15, 0.2) is 12.1 Å². The summed E-state index contributed by atoms with van der Waals surface area (Å²) in [4.78, 5) is 10.3. The van der Waals surface area contributed by atoms with Crippen molar-refractivity contribution in [2.24, 2.45) is 0 Å². The number of aliphatic carboxylic acids is 1. The maximum absolute atomic E-state index is 10.3. The maximum atomic E-state index is 10.3. The van der Waals surface area contributed by atoms with Crippen LogP contribution in [0.1, 0.15) is 12.0 Å². The summed E-state index contributed by atoms with van der Waals surface area (Å²) >= 11 is 17.3. The molecule has 14 heavy (non-hydrogen) atoms. The second-order valence-electron chi connectivity index (χ2n) is 2.75. The van der Waals surface area contributed by atoms with E-state index in [1.54, 1.807) is 6.07 Å². The summed E-state index contributed by atoms with van der Waals surface area (Å²) in [5.74, 6) is -0.868. The van der Waals surface area contributed by atoms with E-state index in [1.165, 1.54) is 6.07 Å². The maximum Gasteiger partial charge on any atom is 0.303 e. The lowest BCUT2D eigenvalue weighted by atomic mass is 10.1. The largest absolute Gasteiger partial charge is 0.481 e. The highest BCUT2D eigenvalue weighted by Gasteiger charge is 2.07. The van der Waals surface area contributed by atoms with E-state index in [-0.39, 0.29) is 6.42 Å². The van der Waals surface area contributed by atoms with Crippen LogP contribution in [0.2, 0.25) is 15.1 Å². The van der Waals surface area contributed by atoms with E-state index in [9.17, 15) is 4.79 Å². The zero-order valence-electron chi connectivity index (χ0n) is 7.06. The van der Waals surface area contributed by atoms with E-state index in [1.807, 2.05) is 0 Å². The SMILES string of the molecule is O=C(O)CCc1cc(Cl)c(Cl)cc1Cl. The highest BCUT2D eigenvalue weighted by atomic mass is 35.5. The van der Waals surface area contributed by atoms with Gasteiger partial charge in [-0.25, -0.2) is 0 Å². The van der Waals surface area contributed by atoms with Gasteiger partial charge in [-0.3, -0.25) is 4.79 Å². The standard InChI is InChI=1S/C9H7Cl3O2/c10-6-4-8(12)7(11)3-5(6)1-2-9(13)14/h3-4H,1-2H2,(H,13,14). The minimum absolute atomic E-state index is 0.0255. The molecule has 0 saturated carbocycles. The summed E-state index contributed by atoms with van der Waals surface area (Å²) < 4.78 is 0. The molecule has 0 spiro atoms. The van der Waals surface area contributed by atoms with Crippen LogP contribution in [0.5, 0.6) is 0 Å². The van der Waals surface area contributed by atoms with Gasteiger partial charge in [-0.15, -0.1) is 0 Å². The second-order valence-corrected chi connectivity index (χ2v) is 3.97. The number of rotatable bonds is 3. The Bertz CT molecular complexity index is 363. The van der Waals surface area contributed by atoms with E-state index in [4.69, 9.17) is 39.9 Å². The van der Waals surface area contributed by atoms with Crippen LogP contribution in [-0.2, 0) is 11.2 Å². The van der Waals surface area contributed by atoms with Gasteiger partial charge in [0, 0.05) is 11.4 Å². The van der Waals surface area contributed by atoms with E-state index in [0.717, 1.165) is 0 Å². The lowest BCUT2D eigenvalue weighted by molar-refractivity contribution is -0.136. The number of carboxylic acid groups (broad SMARTS) is 1. The number of hydrogen-bond donors (Lipinski definition) is 1. The molecule has 0 radical (unpaired) electrons. The van der Waals surface area contributed by atoms with Crippen LogP contribution in [0, 0.1) is 0 Å². The van der Waals surface area contributed by atoms with Crippen LogP contribution in [0.3, 0.4) is 0 Å². The van der Waals surface area contributed by atoms with Crippen LogP contribution < -0.4 is 0 Å². The minimum Gasteiger partial charge on any atom is -0.481 e. The minimum atomic E-state index is -0.868. The third-order valence-corrected chi connectivity index (χ3v) is 2.77. The topological polar surface area (TPSA) is 37.3 Å². The molecule has 0 aliphatic rings. The van der Waals surface area contributed by atoms with Gasteiger partial charge >= 0.3 is 5.97 Å². The number of hydrogen-bond acceptors (Lipinski definition) is 1. The third-order valence-electron chi connectivity index (χ3n) is 1.70. The first-order valence-corrected chi connectivity index (χ1v) is 4.99. The lowest BCUT2D eigenvalue weighted by Crippen LogP contribution is -1.98. The van der Waals surface area contributed by atoms with Gasteiger partial charge in [0.25, 0.3) is 0 Å². The molecule has 0 aliphatic heterocycles. The Kier molecular flexibility index (Phi) is 4.05. The molecule has 0 bridgehead atoms.